The number of aromatic nitrogens is 4. The van der Waals surface area contributed by atoms with Crippen LogP contribution >= 0.6 is 0 Å². The molecule has 0 unspecified atom stereocenters. The van der Waals surface area contributed by atoms with Crippen LogP contribution in [0.15, 0.2) is 36.7 Å². The molecule has 5 nitrogen and oxygen atoms in total. The van der Waals surface area contributed by atoms with Gasteiger partial charge in [-0.3, -0.25) is 4.57 Å². The summed E-state index contributed by atoms with van der Waals surface area (Å²) in [7, 11) is 0. The SMILES string of the molecule is Cc1nc2c(N)ncnc2n1-c1ccccc1. The predicted molar refractivity (Wildman–Crippen MR) is 65.8 cm³/mol. The number of fused-ring (bicyclic) bond motifs is 1. The van der Waals surface area contributed by atoms with E-state index in [4.69, 9.17) is 5.73 Å². The molecule has 0 aliphatic heterocycles. The molecule has 0 fully saturated rings. The van der Waals surface area contributed by atoms with E-state index in [2.05, 4.69) is 15.0 Å². The lowest BCUT2D eigenvalue weighted by Crippen LogP contribution is -1.98. The Bertz CT molecular complexity index is 672. The summed E-state index contributed by atoms with van der Waals surface area (Å²) in [5.74, 6) is 1.26. The maximum absolute atomic E-state index is 5.79. The van der Waals surface area contributed by atoms with Crippen molar-refractivity contribution in [2.75, 3.05) is 5.73 Å². The second kappa shape index (κ2) is 3.55. The van der Waals surface area contributed by atoms with Crippen molar-refractivity contribution in [1.82, 2.24) is 19.5 Å². The van der Waals surface area contributed by atoms with E-state index in [1.54, 1.807) is 0 Å². The van der Waals surface area contributed by atoms with Gasteiger partial charge in [-0.05, 0) is 19.1 Å². The highest BCUT2D eigenvalue weighted by molar-refractivity contribution is 5.83. The van der Waals surface area contributed by atoms with Gasteiger partial charge in [0.2, 0.25) is 0 Å². The second-order valence-corrected chi connectivity index (χ2v) is 3.76. The number of imidazole rings is 1. The van der Waals surface area contributed by atoms with Gasteiger partial charge in [-0.2, -0.15) is 0 Å². The molecular weight excluding hydrogens is 214 g/mol. The molecule has 2 heterocycles. The average molecular weight is 225 g/mol. The largest absolute Gasteiger partial charge is 0.382 e. The fourth-order valence-electron chi connectivity index (χ4n) is 1.90. The van der Waals surface area contributed by atoms with Crippen LogP contribution in [0.25, 0.3) is 16.9 Å². The van der Waals surface area contributed by atoms with Crippen LogP contribution in [0.5, 0.6) is 0 Å². The topological polar surface area (TPSA) is 69.6 Å². The van der Waals surface area contributed by atoms with Crippen LogP contribution in [-0.4, -0.2) is 19.5 Å². The molecule has 0 bridgehead atoms. The van der Waals surface area contributed by atoms with Crippen LogP contribution in [0, 0.1) is 6.92 Å². The van der Waals surface area contributed by atoms with Gasteiger partial charge in [-0.25, -0.2) is 15.0 Å². The van der Waals surface area contributed by atoms with E-state index in [0.29, 0.717) is 11.3 Å². The molecule has 84 valence electrons. The standard InChI is InChI=1S/C12H11N5/c1-8-16-10-11(13)14-7-15-12(10)17(8)9-5-3-2-4-6-9/h2-7H,1H3,(H2,13,14,15). The third kappa shape index (κ3) is 1.44. The molecule has 0 amide bonds. The minimum Gasteiger partial charge on any atom is -0.382 e. The average Bonchev–Trinajstić information content (AvgIpc) is 2.68. The fourth-order valence-corrected chi connectivity index (χ4v) is 1.90. The molecule has 2 aromatic heterocycles. The van der Waals surface area contributed by atoms with Gasteiger partial charge in [0.15, 0.2) is 17.0 Å². The van der Waals surface area contributed by atoms with Crippen LogP contribution in [-0.2, 0) is 0 Å². The van der Waals surface area contributed by atoms with Crippen LogP contribution < -0.4 is 5.73 Å². The lowest BCUT2D eigenvalue weighted by molar-refractivity contribution is 0.985. The van der Waals surface area contributed by atoms with E-state index in [1.165, 1.54) is 6.33 Å². The van der Waals surface area contributed by atoms with Gasteiger partial charge in [0.25, 0.3) is 0 Å². The predicted octanol–water partition coefficient (Wildman–Crippen LogP) is 1.71. The number of benzene rings is 1. The summed E-state index contributed by atoms with van der Waals surface area (Å²) < 4.78 is 1.97. The molecule has 0 spiro atoms. The first-order valence-electron chi connectivity index (χ1n) is 5.28. The van der Waals surface area contributed by atoms with Crippen molar-refractivity contribution in [3.05, 3.63) is 42.5 Å². The summed E-state index contributed by atoms with van der Waals surface area (Å²) in [6.45, 7) is 1.92. The van der Waals surface area contributed by atoms with Crippen molar-refractivity contribution in [3.8, 4) is 5.69 Å². The number of aryl methyl sites for hydroxylation is 1. The van der Waals surface area contributed by atoms with E-state index < -0.39 is 0 Å². The van der Waals surface area contributed by atoms with Crippen LogP contribution in [0.3, 0.4) is 0 Å². The van der Waals surface area contributed by atoms with E-state index in [0.717, 1.165) is 17.2 Å². The molecule has 3 aromatic rings. The molecule has 2 N–H and O–H groups in total. The quantitative estimate of drug-likeness (QED) is 0.684. The number of hydrogen-bond acceptors (Lipinski definition) is 4. The first kappa shape index (κ1) is 9.77. The van der Waals surface area contributed by atoms with Crippen molar-refractivity contribution in [3.63, 3.8) is 0 Å². The maximum atomic E-state index is 5.79. The van der Waals surface area contributed by atoms with Crippen LogP contribution in [0.2, 0.25) is 0 Å². The summed E-state index contributed by atoms with van der Waals surface area (Å²) >= 11 is 0. The minimum atomic E-state index is 0.410. The number of anilines is 1. The Morgan fingerprint density at radius 1 is 1.12 bits per heavy atom. The highest BCUT2D eigenvalue weighted by Gasteiger charge is 2.12. The first-order chi connectivity index (χ1) is 8.27. The Hall–Kier alpha value is -2.43. The molecule has 0 saturated carbocycles. The third-order valence-electron chi connectivity index (χ3n) is 2.65. The van der Waals surface area contributed by atoms with E-state index in [9.17, 15) is 0 Å². The Kier molecular flexibility index (Phi) is 2.04. The molecule has 1 aromatic carbocycles. The van der Waals surface area contributed by atoms with E-state index >= 15 is 0 Å². The number of nitrogens with two attached hydrogens (primary N) is 1. The molecule has 0 atom stereocenters. The first-order valence-corrected chi connectivity index (χ1v) is 5.28. The van der Waals surface area contributed by atoms with Gasteiger partial charge < -0.3 is 5.73 Å². The van der Waals surface area contributed by atoms with Crippen molar-refractivity contribution < 1.29 is 0 Å². The van der Waals surface area contributed by atoms with Crippen LogP contribution in [0.4, 0.5) is 5.82 Å². The number of nitrogen functional groups attached to an aromatic ring is 1. The summed E-state index contributed by atoms with van der Waals surface area (Å²) in [5, 5.41) is 0. The zero-order chi connectivity index (χ0) is 11.8. The summed E-state index contributed by atoms with van der Waals surface area (Å²) in [6, 6.07) is 9.94. The highest BCUT2D eigenvalue weighted by Crippen LogP contribution is 2.21. The third-order valence-corrected chi connectivity index (χ3v) is 2.65. The number of rotatable bonds is 1. The molecule has 0 saturated heterocycles. The number of para-hydroxylation sites is 1. The molecule has 5 heteroatoms. The molecule has 17 heavy (non-hydrogen) atoms. The number of hydrogen-bond donors (Lipinski definition) is 1. The zero-order valence-corrected chi connectivity index (χ0v) is 9.33. The molecule has 0 radical (unpaired) electrons. The van der Waals surface area contributed by atoms with Crippen molar-refractivity contribution in [2.24, 2.45) is 0 Å². The summed E-state index contributed by atoms with van der Waals surface area (Å²) in [4.78, 5) is 12.6. The van der Waals surface area contributed by atoms with Gasteiger partial charge >= 0.3 is 0 Å². The van der Waals surface area contributed by atoms with Gasteiger partial charge in [0.1, 0.15) is 12.2 Å². The van der Waals surface area contributed by atoms with Gasteiger partial charge in [-0.1, -0.05) is 18.2 Å². The highest BCUT2D eigenvalue weighted by atomic mass is 15.2. The molecule has 0 aliphatic rings. The Balaban J connectivity index is 2.37. The fraction of sp³-hybridized carbons (Fsp3) is 0.0833. The van der Waals surface area contributed by atoms with Crippen molar-refractivity contribution >= 4 is 17.0 Å². The summed E-state index contributed by atoms with van der Waals surface area (Å²) in [5.41, 5.74) is 8.19. The Morgan fingerprint density at radius 3 is 2.65 bits per heavy atom. The smallest absolute Gasteiger partial charge is 0.170 e. The normalized spacial score (nSPS) is 10.9. The van der Waals surface area contributed by atoms with Gasteiger partial charge in [0, 0.05) is 5.69 Å². The Morgan fingerprint density at radius 2 is 1.88 bits per heavy atom. The number of nitrogens with zero attached hydrogens (tertiary/aromatic N) is 4. The van der Waals surface area contributed by atoms with Crippen molar-refractivity contribution in [1.29, 1.82) is 0 Å². The lowest BCUT2D eigenvalue weighted by Gasteiger charge is -2.05. The van der Waals surface area contributed by atoms with Gasteiger partial charge in [-0.15, -0.1) is 0 Å². The lowest BCUT2D eigenvalue weighted by atomic mass is 10.3. The summed E-state index contributed by atoms with van der Waals surface area (Å²) in [6.07, 6.45) is 1.46. The Labute approximate surface area is 98.0 Å². The van der Waals surface area contributed by atoms with Crippen LogP contribution in [0.1, 0.15) is 5.82 Å². The molecule has 3 rings (SSSR count). The molecular formula is C12H11N5. The maximum Gasteiger partial charge on any atom is 0.170 e. The van der Waals surface area contributed by atoms with E-state index in [1.807, 2.05) is 41.8 Å². The van der Waals surface area contributed by atoms with Crippen molar-refractivity contribution in [2.45, 2.75) is 6.92 Å². The monoisotopic (exact) mass is 225 g/mol. The second-order valence-electron chi connectivity index (χ2n) is 3.76. The minimum absolute atomic E-state index is 0.410. The van der Waals surface area contributed by atoms with E-state index in [-0.39, 0.29) is 0 Å². The zero-order valence-electron chi connectivity index (χ0n) is 9.33. The molecule has 0 aliphatic carbocycles. The van der Waals surface area contributed by atoms with Gasteiger partial charge in [0.05, 0.1) is 0 Å².